The Morgan fingerprint density at radius 2 is 2.00 bits per heavy atom. The van der Waals surface area contributed by atoms with Gasteiger partial charge in [0.1, 0.15) is 6.54 Å². The lowest BCUT2D eigenvalue weighted by molar-refractivity contribution is -0.141. The highest BCUT2D eigenvalue weighted by Crippen LogP contribution is 2.39. The summed E-state index contributed by atoms with van der Waals surface area (Å²) in [6, 6.07) is 7.14. The van der Waals surface area contributed by atoms with Crippen LogP contribution in [0.25, 0.3) is 0 Å². The monoisotopic (exact) mass is 421 g/mol. The van der Waals surface area contributed by atoms with Gasteiger partial charge in [0, 0.05) is 36.1 Å². The van der Waals surface area contributed by atoms with E-state index in [4.69, 9.17) is 16.3 Å². The Balaban J connectivity index is 2.33. The van der Waals surface area contributed by atoms with E-state index in [-0.39, 0.29) is 31.4 Å². The van der Waals surface area contributed by atoms with Crippen molar-refractivity contribution in [2.75, 3.05) is 40.3 Å². The van der Waals surface area contributed by atoms with Crippen LogP contribution in [0, 0.1) is 0 Å². The molecule has 1 aliphatic rings. The van der Waals surface area contributed by atoms with Crippen LogP contribution in [0.4, 0.5) is 0 Å². The summed E-state index contributed by atoms with van der Waals surface area (Å²) in [6.45, 7) is 4.63. The molecule has 1 N–H and O–H groups in total. The van der Waals surface area contributed by atoms with Crippen molar-refractivity contribution in [3.8, 4) is 0 Å². The fourth-order valence-corrected chi connectivity index (χ4v) is 3.59. The number of ether oxygens (including phenoxy) is 1. The SMILES string of the molecule is CCOC(=O)C1=C(C)N(CC(=O)NCCN(C)C)C(=O)C[C@@H]1c1ccccc1Cl. The number of likely N-dealkylation sites (N-methyl/N-ethyl adjacent to an activating group) is 1. The predicted molar refractivity (Wildman–Crippen MR) is 111 cm³/mol. The maximum Gasteiger partial charge on any atom is 0.336 e. The molecule has 158 valence electrons. The smallest absolute Gasteiger partial charge is 0.336 e. The van der Waals surface area contributed by atoms with Crippen molar-refractivity contribution in [1.29, 1.82) is 0 Å². The van der Waals surface area contributed by atoms with Gasteiger partial charge in [-0.2, -0.15) is 0 Å². The molecule has 0 saturated carbocycles. The molecule has 7 nitrogen and oxygen atoms in total. The van der Waals surface area contributed by atoms with Gasteiger partial charge in [-0.1, -0.05) is 29.8 Å². The largest absolute Gasteiger partial charge is 0.463 e. The molecule has 0 bridgehead atoms. The average Bonchev–Trinajstić information content (AvgIpc) is 2.65. The number of carbonyl (C=O) groups is 3. The van der Waals surface area contributed by atoms with Crippen LogP contribution >= 0.6 is 11.6 Å². The van der Waals surface area contributed by atoms with Gasteiger partial charge in [-0.25, -0.2) is 4.79 Å². The van der Waals surface area contributed by atoms with Crippen molar-refractivity contribution in [3.63, 3.8) is 0 Å². The third-order valence-corrected chi connectivity index (χ3v) is 5.13. The third kappa shape index (κ3) is 5.81. The summed E-state index contributed by atoms with van der Waals surface area (Å²) < 4.78 is 5.24. The van der Waals surface area contributed by atoms with E-state index in [9.17, 15) is 14.4 Å². The van der Waals surface area contributed by atoms with Crippen LogP contribution in [-0.2, 0) is 19.1 Å². The summed E-state index contributed by atoms with van der Waals surface area (Å²) in [4.78, 5) is 41.2. The van der Waals surface area contributed by atoms with Crippen molar-refractivity contribution in [3.05, 3.63) is 46.1 Å². The zero-order valence-corrected chi connectivity index (χ0v) is 18.1. The van der Waals surface area contributed by atoms with Gasteiger partial charge >= 0.3 is 5.97 Å². The second kappa shape index (κ2) is 10.4. The number of halogens is 1. The molecule has 2 rings (SSSR count). The van der Waals surface area contributed by atoms with Crippen LogP contribution in [0.3, 0.4) is 0 Å². The van der Waals surface area contributed by atoms with Crippen molar-refractivity contribution in [2.45, 2.75) is 26.2 Å². The summed E-state index contributed by atoms with van der Waals surface area (Å²) in [5.74, 6) is -1.52. The van der Waals surface area contributed by atoms with Gasteiger partial charge in [0.15, 0.2) is 0 Å². The first-order chi connectivity index (χ1) is 13.8. The van der Waals surface area contributed by atoms with E-state index in [2.05, 4.69) is 5.32 Å². The molecular weight excluding hydrogens is 394 g/mol. The molecule has 1 heterocycles. The first kappa shape index (κ1) is 22.9. The summed E-state index contributed by atoms with van der Waals surface area (Å²) >= 11 is 6.34. The predicted octanol–water partition coefficient (Wildman–Crippen LogP) is 2.17. The van der Waals surface area contributed by atoms with Crippen LogP contribution < -0.4 is 5.32 Å². The first-order valence-electron chi connectivity index (χ1n) is 9.60. The van der Waals surface area contributed by atoms with Gasteiger partial charge < -0.3 is 19.9 Å². The lowest BCUT2D eigenvalue weighted by Crippen LogP contribution is -2.45. The second-order valence-electron chi connectivity index (χ2n) is 7.13. The number of carbonyl (C=O) groups excluding carboxylic acids is 3. The highest BCUT2D eigenvalue weighted by molar-refractivity contribution is 6.31. The summed E-state index contributed by atoms with van der Waals surface area (Å²) in [6.07, 6.45) is 0.0419. The summed E-state index contributed by atoms with van der Waals surface area (Å²) in [7, 11) is 3.82. The van der Waals surface area contributed by atoms with E-state index in [1.165, 1.54) is 4.90 Å². The Morgan fingerprint density at radius 1 is 1.31 bits per heavy atom. The number of nitrogens with zero attached hydrogens (tertiary/aromatic N) is 2. The molecule has 0 unspecified atom stereocenters. The number of hydrogen-bond donors (Lipinski definition) is 1. The molecule has 0 spiro atoms. The number of allylic oxidation sites excluding steroid dienone is 1. The fourth-order valence-electron chi connectivity index (χ4n) is 3.32. The van der Waals surface area contributed by atoms with Gasteiger partial charge in [-0.05, 0) is 39.6 Å². The van der Waals surface area contributed by atoms with Gasteiger partial charge in [0.2, 0.25) is 11.8 Å². The average molecular weight is 422 g/mol. The van der Waals surface area contributed by atoms with E-state index in [0.717, 1.165) is 0 Å². The molecule has 1 aromatic rings. The maximum atomic E-state index is 12.9. The molecule has 0 radical (unpaired) electrons. The highest BCUT2D eigenvalue weighted by atomic mass is 35.5. The Bertz CT molecular complexity index is 807. The van der Waals surface area contributed by atoms with Gasteiger partial charge in [0.05, 0.1) is 12.2 Å². The molecule has 2 amide bonds. The molecule has 0 fully saturated rings. The molecular formula is C21H28ClN3O4. The van der Waals surface area contributed by atoms with E-state index < -0.39 is 11.9 Å². The lowest BCUT2D eigenvalue weighted by Gasteiger charge is -2.34. The van der Waals surface area contributed by atoms with E-state index in [0.29, 0.717) is 34.9 Å². The molecule has 1 aliphatic heterocycles. The maximum absolute atomic E-state index is 12.9. The topological polar surface area (TPSA) is 79.0 Å². The number of rotatable bonds is 8. The van der Waals surface area contributed by atoms with Gasteiger partial charge in [0.25, 0.3) is 0 Å². The second-order valence-corrected chi connectivity index (χ2v) is 7.54. The molecule has 0 aliphatic carbocycles. The van der Waals surface area contributed by atoms with Gasteiger partial charge in [-0.15, -0.1) is 0 Å². The van der Waals surface area contributed by atoms with E-state index in [1.807, 2.05) is 25.1 Å². The van der Waals surface area contributed by atoms with E-state index >= 15 is 0 Å². The quantitative estimate of drug-likeness (QED) is 0.651. The van der Waals surface area contributed by atoms with Crippen LogP contribution in [0.15, 0.2) is 35.5 Å². The van der Waals surface area contributed by atoms with Crippen LogP contribution in [-0.4, -0.2) is 67.9 Å². The summed E-state index contributed by atoms with van der Waals surface area (Å²) in [5.41, 5.74) is 1.48. The number of hydrogen-bond acceptors (Lipinski definition) is 5. The van der Waals surface area contributed by atoms with Crippen molar-refractivity contribution in [2.24, 2.45) is 0 Å². The minimum Gasteiger partial charge on any atom is -0.463 e. The highest BCUT2D eigenvalue weighted by Gasteiger charge is 2.38. The first-order valence-corrected chi connectivity index (χ1v) is 9.98. The van der Waals surface area contributed by atoms with Gasteiger partial charge in [-0.3, -0.25) is 9.59 Å². The Morgan fingerprint density at radius 3 is 2.62 bits per heavy atom. The number of benzene rings is 1. The van der Waals surface area contributed by atoms with Crippen LogP contribution in [0.5, 0.6) is 0 Å². The van der Waals surface area contributed by atoms with Crippen molar-refractivity contribution >= 4 is 29.4 Å². The lowest BCUT2D eigenvalue weighted by atomic mass is 9.83. The molecule has 0 saturated heterocycles. The van der Waals surface area contributed by atoms with Crippen molar-refractivity contribution in [1.82, 2.24) is 15.1 Å². The molecule has 8 heteroatoms. The standard InChI is InChI=1S/C21H28ClN3O4/c1-5-29-21(28)20-14(2)25(13-18(26)23-10-11-24(3)4)19(27)12-16(20)15-8-6-7-9-17(15)22/h6-9,16H,5,10-13H2,1-4H3,(H,23,26)/t16-/m1/s1. The van der Waals surface area contributed by atoms with E-state index in [1.54, 1.807) is 32.0 Å². The number of nitrogens with one attached hydrogen (secondary N) is 1. The Hall–Kier alpha value is -2.38. The van der Waals surface area contributed by atoms with Crippen LogP contribution in [0.2, 0.25) is 5.02 Å². The molecule has 29 heavy (non-hydrogen) atoms. The Kier molecular flexibility index (Phi) is 8.22. The third-order valence-electron chi connectivity index (χ3n) is 4.78. The zero-order chi connectivity index (χ0) is 21.6. The molecule has 0 aromatic heterocycles. The molecule has 1 atom stereocenters. The zero-order valence-electron chi connectivity index (χ0n) is 17.3. The molecule has 1 aromatic carbocycles. The minimum atomic E-state index is -0.511. The number of esters is 1. The Labute approximate surface area is 176 Å². The fraction of sp³-hybridized carbons (Fsp3) is 0.476. The normalized spacial score (nSPS) is 17.0. The van der Waals surface area contributed by atoms with Crippen molar-refractivity contribution < 1.29 is 19.1 Å². The van der Waals surface area contributed by atoms with Crippen LogP contribution in [0.1, 0.15) is 31.7 Å². The minimum absolute atomic E-state index is 0.0419. The summed E-state index contributed by atoms with van der Waals surface area (Å²) in [5, 5.41) is 3.27. The number of amides is 2.